The first-order chi connectivity index (χ1) is 10.2. The van der Waals surface area contributed by atoms with Crippen LogP contribution in [0, 0.1) is 0 Å². The van der Waals surface area contributed by atoms with Gasteiger partial charge in [0.1, 0.15) is 5.60 Å². The Morgan fingerprint density at radius 1 is 1.27 bits per heavy atom. The van der Waals surface area contributed by atoms with Crippen molar-refractivity contribution < 1.29 is 9.53 Å². The number of benzene rings is 1. The SMILES string of the molecule is CCC(CNC(=O)OC(C)(C)C)NC(C)c1ccc(Cl)cc1. The van der Waals surface area contributed by atoms with Gasteiger partial charge in [-0.1, -0.05) is 30.7 Å². The number of rotatable bonds is 6. The molecule has 0 saturated carbocycles. The molecule has 2 N–H and O–H groups in total. The summed E-state index contributed by atoms with van der Waals surface area (Å²) in [6.07, 6.45) is 0.528. The van der Waals surface area contributed by atoms with Crippen molar-refractivity contribution in [2.45, 2.75) is 58.7 Å². The minimum absolute atomic E-state index is 0.179. The fourth-order valence-corrected chi connectivity index (χ4v) is 2.17. The zero-order valence-electron chi connectivity index (χ0n) is 14.1. The summed E-state index contributed by atoms with van der Waals surface area (Å²) in [5.41, 5.74) is 0.690. The second-order valence-electron chi connectivity index (χ2n) is 6.43. The maximum Gasteiger partial charge on any atom is 0.407 e. The minimum atomic E-state index is -0.476. The molecule has 1 rings (SSSR count). The Kier molecular flexibility index (Phi) is 7.17. The van der Waals surface area contributed by atoms with Gasteiger partial charge in [-0.2, -0.15) is 0 Å². The van der Waals surface area contributed by atoms with Crippen molar-refractivity contribution in [3.8, 4) is 0 Å². The predicted molar refractivity (Wildman–Crippen MR) is 91.3 cm³/mol. The molecule has 0 aliphatic heterocycles. The van der Waals surface area contributed by atoms with E-state index in [4.69, 9.17) is 16.3 Å². The van der Waals surface area contributed by atoms with E-state index in [0.717, 1.165) is 11.4 Å². The van der Waals surface area contributed by atoms with Crippen LogP contribution >= 0.6 is 11.6 Å². The van der Waals surface area contributed by atoms with Gasteiger partial charge >= 0.3 is 6.09 Å². The molecule has 5 heteroatoms. The third-order valence-corrected chi connectivity index (χ3v) is 3.49. The third-order valence-electron chi connectivity index (χ3n) is 3.24. The van der Waals surface area contributed by atoms with Gasteiger partial charge in [-0.3, -0.25) is 0 Å². The van der Waals surface area contributed by atoms with Gasteiger partial charge in [0, 0.05) is 23.7 Å². The summed E-state index contributed by atoms with van der Waals surface area (Å²) in [6.45, 7) is 10.3. The lowest BCUT2D eigenvalue weighted by atomic mass is 10.1. The van der Waals surface area contributed by atoms with Crippen molar-refractivity contribution in [3.05, 3.63) is 34.9 Å². The van der Waals surface area contributed by atoms with Crippen molar-refractivity contribution in [1.29, 1.82) is 0 Å². The van der Waals surface area contributed by atoms with E-state index in [1.54, 1.807) is 0 Å². The smallest absolute Gasteiger partial charge is 0.407 e. The maximum absolute atomic E-state index is 11.7. The fraction of sp³-hybridized carbons (Fsp3) is 0.588. The van der Waals surface area contributed by atoms with Crippen molar-refractivity contribution in [3.63, 3.8) is 0 Å². The molecule has 0 spiro atoms. The van der Waals surface area contributed by atoms with Crippen LogP contribution in [-0.4, -0.2) is 24.3 Å². The van der Waals surface area contributed by atoms with Crippen LogP contribution in [0.1, 0.15) is 52.6 Å². The molecule has 1 aromatic carbocycles. The second-order valence-corrected chi connectivity index (χ2v) is 6.86. The average Bonchev–Trinajstić information content (AvgIpc) is 2.42. The van der Waals surface area contributed by atoms with E-state index < -0.39 is 5.60 Å². The highest BCUT2D eigenvalue weighted by atomic mass is 35.5. The van der Waals surface area contributed by atoms with Crippen LogP contribution in [0.3, 0.4) is 0 Å². The molecule has 1 amide bonds. The molecule has 2 unspecified atom stereocenters. The molecule has 22 heavy (non-hydrogen) atoms. The van der Waals surface area contributed by atoms with Crippen LogP contribution in [0.2, 0.25) is 5.02 Å². The van der Waals surface area contributed by atoms with E-state index >= 15 is 0 Å². The lowest BCUT2D eigenvalue weighted by Gasteiger charge is -2.24. The number of alkyl carbamates (subject to hydrolysis) is 1. The second kappa shape index (κ2) is 8.39. The van der Waals surface area contributed by atoms with Gasteiger partial charge in [-0.15, -0.1) is 0 Å². The van der Waals surface area contributed by atoms with Crippen molar-refractivity contribution in [2.75, 3.05) is 6.54 Å². The molecule has 2 atom stereocenters. The van der Waals surface area contributed by atoms with Crippen molar-refractivity contribution in [2.24, 2.45) is 0 Å². The summed E-state index contributed by atoms with van der Waals surface area (Å²) < 4.78 is 5.24. The predicted octanol–water partition coefficient (Wildman–Crippen LogP) is 4.29. The van der Waals surface area contributed by atoms with Crippen LogP contribution < -0.4 is 10.6 Å². The standard InChI is InChI=1S/C17H27ClN2O2/c1-6-15(11-19-16(21)22-17(3,4)5)20-12(2)13-7-9-14(18)10-8-13/h7-10,12,15,20H,6,11H2,1-5H3,(H,19,21). The Labute approximate surface area is 138 Å². The number of amides is 1. The highest BCUT2D eigenvalue weighted by molar-refractivity contribution is 6.30. The third kappa shape index (κ3) is 7.14. The number of nitrogens with one attached hydrogen (secondary N) is 2. The monoisotopic (exact) mass is 326 g/mol. The Morgan fingerprint density at radius 2 is 1.86 bits per heavy atom. The molecule has 0 aromatic heterocycles. The largest absolute Gasteiger partial charge is 0.444 e. The number of carbonyl (C=O) groups is 1. The minimum Gasteiger partial charge on any atom is -0.444 e. The van der Waals surface area contributed by atoms with Gasteiger partial charge in [0.15, 0.2) is 0 Å². The summed E-state index contributed by atoms with van der Waals surface area (Å²) in [5, 5.41) is 7.05. The van der Waals surface area contributed by atoms with Crippen molar-refractivity contribution in [1.82, 2.24) is 10.6 Å². The fourth-order valence-electron chi connectivity index (χ4n) is 2.04. The molecular weight excluding hydrogens is 300 g/mol. The van der Waals surface area contributed by atoms with Gasteiger partial charge in [0.05, 0.1) is 0 Å². The first-order valence-electron chi connectivity index (χ1n) is 7.69. The Hall–Kier alpha value is -1.26. The van der Waals surface area contributed by atoms with Crippen LogP contribution in [0.15, 0.2) is 24.3 Å². The summed E-state index contributed by atoms with van der Waals surface area (Å²) in [5.74, 6) is 0. The first kappa shape index (κ1) is 18.8. The molecule has 124 valence electrons. The van der Waals surface area contributed by atoms with Gasteiger partial charge in [-0.25, -0.2) is 4.79 Å². The molecular formula is C17H27ClN2O2. The molecule has 0 radical (unpaired) electrons. The van der Waals surface area contributed by atoms with Crippen LogP contribution in [0.25, 0.3) is 0 Å². The number of hydrogen-bond donors (Lipinski definition) is 2. The summed E-state index contributed by atoms with van der Waals surface area (Å²) in [4.78, 5) is 11.7. The van der Waals surface area contributed by atoms with Gasteiger partial charge < -0.3 is 15.4 Å². The Bertz CT molecular complexity index is 469. The van der Waals surface area contributed by atoms with Crippen molar-refractivity contribution >= 4 is 17.7 Å². The summed E-state index contributed by atoms with van der Waals surface area (Å²) in [6, 6.07) is 8.15. The summed E-state index contributed by atoms with van der Waals surface area (Å²) >= 11 is 5.90. The number of carbonyl (C=O) groups excluding carboxylic acids is 1. The zero-order valence-corrected chi connectivity index (χ0v) is 14.8. The van der Waals surface area contributed by atoms with Gasteiger partial charge in [0.25, 0.3) is 0 Å². The molecule has 0 saturated heterocycles. The molecule has 0 bridgehead atoms. The average molecular weight is 327 g/mol. The molecule has 0 heterocycles. The lowest BCUT2D eigenvalue weighted by molar-refractivity contribution is 0.0521. The molecule has 1 aromatic rings. The Balaban J connectivity index is 2.47. The maximum atomic E-state index is 11.7. The van der Waals surface area contributed by atoms with Crippen LogP contribution in [-0.2, 0) is 4.74 Å². The van der Waals surface area contributed by atoms with E-state index in [9.17, 15) is 4.79 Å². The first-order valence-corrected chi connectivity index (χ1v) is 8.07. The van der Waals surface area contributed by atoms with E-state index in [1.165, 1.54) is 5.56 Å². The van der Waals surface area contributed by atoms with Gasteiger partial charge in [0.2, 0.25) is 0 Å². The Morgan fingerprint density at radius 3 is 2.36 bits per heavy atom. The topological polar surface area (TPSA) is 50.4 Å². The van der Waals surface area contributed by atoms with Crippen LogP contribution in [0.4, 0.5) is 4.79 Å². The molecule has 0 aliphatic carbocycles. The zero-order chi connectivity index (χ0) is 16.8. The lowest BCUT2D eigenvalue weighted by Crippen LogP contribution is -2.43. The molecule has 0 fully saturated rings. The van der Waals surface area contributed by atoms with Crippen LogP contribution in [0.5, 0.6) is 0 Å². The van der Waals surface area contributed by atoms with E-state index in [-0.39, 0.29) is 18.2 Å². The number of hydrogen-bond acceptors (Lipinski definition) is 3. The van der Waals surface area contributed by atoms with E-state index in [2.05, 4.69) is 24.5 Å². The van der Waals surface area contributed by atoms with Gasteiger partial charge in [-0.05, 0) is 51.8 Å². The van der Waals surface area contributed by atoms with E-state index in [1.807, 2.05) is 45.0 Å². The summed E-state index contributed by atoms with van der Waals surface area (Å²) in [7, 11) is 0. The molecule has 0 aliphatic rings. The highest BCUT2D eigenvalue weighted by Gasteiger charge is 2.18. The highest BCUT2D eigenvalue weighted by Crippen LogP contribution is 2.17. The number of halogens is 1. The quantitative estimate of drug-likeness (QED) is 0.819. The van der Waals surface area contributed by atoms with E-state index in [0.29, 0.717) is 6.54 Å². The normalized spacial score (nSPS) is 14.3. The number of ether oxygens (including phenoxy) is 1. The molecule has 4 nitrogen and oxygen atoms in total.